The molecule has 2 atom stereocenters. The molecule has 0 saturated heterocycles. The van der Waals surface area contributed by atoms with Gasteiger partial charge < -0.3 is 50.3 Å². The Bertz CT molecular complexity index is 3600. The normalized spacial score (nSPS) is 15.9. The fourth-order valence-electron chi connectivity index (χ4n) is 9.73. The number of nitrogens with zero attached hydrogens (tertiary/aromatic N) is 8. The molecule has 0 saturated carbocycles. The number of benzene rings is 2. The van der Waals surface area contributed by atoms with Crippen LogP contribution in [0.3, 0.4) is 0 Å². The van der Waals surface area contributed by atoms with Crippen molar-refractivity contribution in [3.8, 4) is 33.8 Å². The molecule has 0 bridgehead atoms. The number of carbonyl (C=O) groups is 2. The van der Waals surface area contributed by atoms with Crippen molar-refractivity contribution in [1.82, 2.24) is 29.1 Å². The number of carboxylic acid groups (broad SMARTS) is 2. The number of nitrogens with two attached hydrogens (primary N) is 2. The van der Waals surface area contributed by atoms with Gasteiger partial charge in [-0.25, -0.2) is 23.4 Å². The SMILES string of the molecule is C.NC1N=Nc2nc(Cl)c(Cn3c(C(=O)O)c(-c4ccc[nH]c4=O)c4c5c(c(F)cc43)CCCO5)cc21.NC1N=Nc2nc(F)c(Cn3c(C(=O)O)c(-c4ccc[nH]c4=O)c4c5c(c(F)cc43)CCCO5)cc21. The third-order valence-electron chi connectivity index (χ3n) is 12.9. The van der Waals surface area contributed by atoms with Crippen LogP contribution >= 0.6 is 11.6 Å². The molecule has 12 rings (SSSR count). The van der Waals surface area contributed by atoms with E-state index in [1.807, 2.05) is 0 Å². The second kappa shape index (κ2) is 18.6. The average molecular weight is 1020 g/mol. The van der Waals surface area contributed by atoms with E-state index in [2.05, 4.69) is 40.4 Å². The lowest BCUT2D eigenvalue weighted by Gasteiger charge is -2.20. The Kier molecular flexibility index (Phi) is 12.2. The van der Waals surface area contributed by atoms with Crippen LogP contribution in [-0.2, 0) is 25.9 Å². The first-order valence-electron chi connectivity index (χ1n) is 22.2. The van der Waals surface area contributed by atoms with Crippen molar-refractivity contribution in [1.29, 1.82) is 0 Å². The lowest BCUT2D eigenvalue weighted by Crippen LogP contribution is -2.15. The average Bonchev–Trinajstić information content (AvgIpc) is 4.10. The molecule has 6 aromatic heterocycles. The van der Waals surface area contributed by atoms with E-state index in [1.165, 1.54) is 51.9 Å². The van der Waals surface area contributed by atoms with Crippen LogP contribution in [0.25, 0.3) is 44.1 Å². The number of nitrogens with one attached hydrogen (secondary N) is 2. The molecule has 24 heteroatoms. The van der Waals surface area contributed by atoms with E-state index in [4.69, 9.17) is 32.5 Å². The van der Waals surface area contributed by atoms with Gasteiger partial charge in [0.1, 0.15) is 52.0 Å². The number of carboxylic acids is 2. The van der Waals surface area contributed by atoms with E-state index < -0.39 is 53.0 Å². The van der Waals surface area contributed by atoms with Gasteiger partial charge >= 0.3 is 11.9 Å². The van der Waals surface area contributed by atoms with E-state index in [-0.39, 0.29) is 104 Å². The van der Waals surface area contributed by atoms with Gasteiger partial charge in [-0.05, 0) is 74.2 Å². The van der Waals surface area contributed by atoms with Crippen molar-refractivity contribution in [3.05, 3.63) is 149 Å². The standard InChI is InChI=1S/C24H18ClFN6O4.C24H18F2N6O4.CH4/c25-20-10(7-13-21(27)30-31-22(13)29-20)9-32-15-8-14(26)11-4-2-6-36-19(11)17(15)16(18(32)24(34)35)12-3-1-5-28-23(12)33;25-14-8-15-17(19-11(14)4-2-6-36-19)16(12-3-1-5-28-23(12)33)18(24(34)35)32(15)9-10-7-13-21(27)30-31-22(13)29-20(10)26;/h2*1,3,5,7-8,21H,2,4,6,9,27H2,(H,28,33)(H,34,35);1H4. The summed E-state index contributed by atoms with van der Waals surface area (Å²) in [6.45, 7) is 0.222. The molecular formula is C49H40ClF3N12O8. The number of H-pyrrole nitrogens is 2. The monoisotopic (exact) mass is 1020 g/mol. The van der Waals surface area contributed by atoms with Gasteiger partial charge in [0.25, 0.3) is 11.1 Å². The summed E-state index contributed by atoms with van der Waals surface area (Å²) in [5.74, 6) is -3.91. The van der Waals surface area contributed by atoms with E-state index in [1.54, 1.807) is 18.2 Å². The molecule has 0 amide bonds. The number of halogens is 4. The largest absolute Gasteiger partial charge is 0.492 e. The highest BCUT2D eigenvalue weighted by molar-refractivity contribution is 6.30. The number of fused-ring (bicyclic) bond motifs is 8. The highest BCUT2D eigenvalue weighted by Gasteiger charge is 2.34. The predicted molar refractivity (Wildman–Crippen MR) is 259 cm³/mol. The van der Waals surface area contributed by atoms with Crippen molar-refractivity contribution >= 4 is 57.0 Å². The van der Waals surface area contributed by atoms with E-state index in [0.29, 0.717) is 72.1 Å². The van der Waals surface area contributed by atoms with Crippen LogP contribution in [-0.4, -0.2) is 64.4 Å². The van der Waals surface area contributed by atoms with Crippen LogP contribution < -0.4 is 32.1 Å². The molecule has 2 aromatic carbocycles. The van der Waals surface area contributed by atoms with E-state index >= 15 is 8.78 Å². The molecule has 10 heterocycles. The van der Waals surface area contributed by atoms with Crippen LogP contribution in [0, 0.1) is 17.6 Å². The smallest absolute Gasteiger partial charge is 0.353 e. The third-order valence-corrected chi connectivity index (χ3v) is 13.2. The summed E-state index contributed by atoms with van der Waals surface area (Å²) in [6, 6.07) is 11.7. The molecule has 8 aromatic rings. The van der Waals surface area contributed by atoms with Crippen LogP contribution in [0.5, 0.6) is 11.5 Å². The lowest BCUT2D eigenvalue weighted by molar-refractivity contribution is 0.0676. The molecular weight excluding hydrogens is 977 g/mol. The minimum absolute atomic E-state index is 0. The Balaban J connectivity index is 0.000000165. The molecule has 0 fully saturated rings. The fourth-order valence-corrected chi connectivity index (χ4v) is 9.92. The number of aromatic nitrogens is 6. The first kappa shape index (κ1) is 48.1. The van der Waals surface area contributed by atoms with Crippen LogP contribution in [0.1, 0.15) is 87.0 Å². The number of azo groups is 2. The quantitative estimate of drug-likeness (QED) is 0.0779. The van der Waals surface area contributed by atoms with Crippen LogP contribution in [0.15, 0.2) is 91.0 Å². The van der Waals surface area contributed by atoms with Crippen molar-refractivity contribution < 1.29 is 42.4 Å². The van der Waals surface area contributed by atoms with Crippen molar-refractivity contribution in [2.75, 3.05) is 13.2 Å². The molecule has 4 aliphatic rings. The zero-order valence-electron chi connectivity index (χ0n) is 37.2. The summed E-state index contributed by atoms with van der Waals surface area (Å²) >= 11 is 6.42. The maximum atomic E-state index is 15.3. The molecule has 20 nitrogen and oxygen atoms in total. The maximum Gasteiger partial charge on any atom is 0.353 e. The van der Waals surface area contributed by atoms with Crippen LogP contribution in [0.2, 0.25) is 5.15 Å². The number of ether oxygens (including phenoxy) is 2. The Hall–Kier alpha value is -8.54. The van der Waals surface area contributed by atoms with Gasteiger partial charge in [-0.15, -0.1) is 10.2 Å². The summed E-state index contributed by atoms with van der Waals surface area (Å²) in [4.78, 5) is 64.1. The summed E-state index contributed by atoms with van der Waals surface area (Å²) in [5.41, 5.74) is 13.1. The highest BCUT2D eigenvalue weighted by Crippen LogP contribution is 2.47. The predicted octanol–water partition coefficient (Wildman–Crippen LogP) is 8.74. The number of pyridine rings is 4. The molecule has 73 heavy (non-hydrogen) atoms. The summed E-state index contributed by atoms with van der Waals surface area (Å²) < 4.78 is 59.8. The van der Waals surface area contributed by atoms with Crippen LogP contribution in [0.4, 0.5) is 24.8 Å². The number of rotatable bonds is 8. The minimum atomic E-state index is -1.38. The maximum absolute atomic E-state index is 15.3. The zero-order chi connectivity index (χ0) is 50.3. The van der Waals surface area contributed by atoms with Gasteiger partial charge in [-0.1, -0.05) is 19.0 Å². The highest BCUT2D eigenvalue weighted by atomic mass is 35.5. The van der Waals surface area contributed by atoms with Gasteiger partial charge in [-0.3, -0.25) is 9.59 Å². The number of aromatic carboxylic acids is 2. The Morgan fingerprint density at radius 3 is 1.63 bits per heavy atom. The Morgan fingerprint density at radius 1 is 0.712 bits per heavy atom. The number of hydrogen-bond donors (Lipinski definition) is 6. The van der Waals surface area contributed by atoms with Gasteiger partial charge in [0, 0.05) is 56.9 Å². The second-order valence-corrected chi connectivity index (χ2v) is 17.5. The van der Waals surface area contributed by atoms with Gasteiger partial charge in [0.05, 0.1) is 59.2 Å². The number of aromatic amines is 2. The summed E-state index contributed by atoms with van der Waals surface area (Å²) in [7, 11) is 0. The van der Waals surface area contributed by atoms with Gasteiger partial charge in [-0.2, -0.15) is 19.6 Å². The topological polar surface area (TPSA) is 296 Å². The summed E-state index contributed by atoms with van der Waals surface area (Å²) in [5, 5.41) is 36.6. The molecule has 0 spiro atoms. The van der Waals surface area contributed by atoms with E-state index in [9.17, 15) is 33.8 Å². The van der Waals surface area contributed by atoms with Gasteiger partial charge in [0.15, 0.2) is 11.6 Å². The minimum Gasteiger partial charge on any atom is -0.492 e. The summed E-state index contributed by atoms with van der Waals surface area (Å²) in [6.07, 6.45) is 3.35. The lowest BCUT2D eigenvalue weighted by atomic mass is 9.97. The first-order valence-corrected chi connectivity index (χ1v) is 22.6. The molecule has 2 unspecified atom stereocenters. The van der Waals surface area contributed by atoms with Crippen molar-refractivity contribution in [2.24, 2.45) is 31.9 Å². The first-order chi connectivity index (χ1) is 34.7. The van der Waals surface area contributed by atoms with E-state index in [0.717, 1.165) is 0 Å². The molecule has 8 N–H and O–H groups in total. The Labute approximate surface area is 413 Å². The third kappa shape index (κ3) is 7.97. The van der Waals surface area contributed by atoms with Crippen molar-refractivity contribution in [2.45, 2.75) is 58.5 Å². The van der Waals surface area contributed by atoms with Gasteiger partial charge in [0.2, 0.25) is 5.95 Å². The molecule has 0 aliphatic carbocycles. The zero-order valence-corrected chi connectivity index (χ0v) is 37.9. The molecule has 372 valence electrons. The number of hydrogen-bond acceptors (Lipinski definition) is 14. The Morgan fingerprint density at radius 2 is 1.16 bits per heavy atom. The second-order valence-electron chi connectivity index (χ2n) is 17.1. The molecule has 0 radical (unpaired) electrons. The van der Waals surface area contributed by atoms with Crippen molar-refractivity contribution in [3.63, 3.8) is 0 Å². The molecule has 4 aliphatic heterocycles. The fraction of sp³-hybridized carbons (Fsp3) is 0.224.